The fourth-order valence-electron chi connectivity index (χ4n) is 0.851. The van der Waals surface area contributed by atoms with Crippen LogP contribution in [-0.4, -0.2) is 11.6 Å². The summed E-state index contributed by atoms with van der Waals surface area (Å²) in [5, 5.41) is 0. The molecule has 1 aromatic carbocycles. The van der Waals surface area contributed by atoms with Gasteiger partial charge >= 0.3 is 0 Å². The van der Waals surface area contributed by atoms with E-state index in [1.807, 2.05) is 17.8 Å². The van der Waals surface area contributed by atoms with Crippen molar-refractivity contribution in [3.05, 3.63) is 42.0 Å². The average molecular weight is 213 g/mol. The van der Waals surface area contributed by atoms with Gasteiger partial charge in [0.1, 0.15) is 0 Å². The minimum Gasteiger partial charge on any atom is -0.122 e. The Kier molecular flexibility index (Phi) is 5.02. The molecule has 0 saturated carbocycles. The fourth-order valence-corrected chi connectivity index (χ4v) is 1.87. The molecule has 0 nitrogen and oxygen atoms in total. The second-order valence-corrected chi connectivity index (χ2v) is 4.17. The molecule has 1 aromatic rings. The Morgan fingerprint density at radius 2 is 2.08 bits per heavy atom. The molecule has 0 saturated heterocycles. The second kappa shape index (κ2) is 6.11. The zero-order valence-electron chi connectivity index (χ0n) is 7.66. The molecular weight excluding hydrogens is 200 g/mol. The number of benzene rings is 1. The molecule has 0 aliphatic carbocycles. The van der Waals surface area contributed by atoms with E-state index in [2.05, 4.69) is 37.3 Å². The Morgan fingerprint density at radius 3 is 2.69 bits per heavy atom. The van der Waals surface area contributed by atoms with Gasteiger partial charge in [-0.05, 0) is 19.1 Å². The third-order valence-corrected chi connectivity index (χ3v) is 3.00. The normalized spacial score (nSPS) is 11.7. The van der Waals surface area contributed by atoms with Crippen LogP contribution in [0, 0.1) is 0 Å². The standard InChI is InChI=1S/C11H13ClS/c1-10(9-12)7-8-13-11-5-3-2-4-6-11/h2-7H,8-9H2,1H3/b10-7+. The molecule has 13 heavy (non-hydrogen) atoms. The molecule has 0 N–H and O–H groups in total. The molecule has 0 bridgehead atoms. The number of alkyl halides is 1. The van der Waals surface area contributed by atoms with Gasteiger partial charge in [0.05, 0.1) is 0 Å². The van der Waals surface area contributed by atoms with Crippen LogP contribution >= 0.6 is 23.4 Å². The third-order valence-electron chi connectivity index (χ3n) is 1.64. The van der Waals surface area contributed by atoms with Gasteiger partial charge in [0.15, 0.2) is 0 Å². The summed E-state index contributed by atoms with van der Waals surface area (Å²) in [6.45, 7) is 2.05. The van der Waals surface area contributed by atoms with Gasteiger partial charge in [-0.3, -0.25) is 0 Å². The number of hydrogen-bond donors (Lipinski definition) is 0. The monoisotopic (exact) mass is 212 g/mol. The zero-order valence-corrected chi connectivity index (χ0v) is 9.24. The topological polar surface area (TPSA) is 0 Å². The first-order valence-electron chi connectivity index (χ1n) is 4.22. The van der Waals surface area contributed by atoms with Crippen molar-refractivity contribution in [3.8, 4) is 0 Å². The van der Waals surface area contributed by atoms with Gasteiger partial charge in [-0.1, -0.05) is 29.8 Å². The molecule has 1 rings (SSSR count). The minimum absolute atomic E-state index is 0.634. The molecule has 0 aromatic heterocycles. The van der Waals surface area contributed by atoms with Crippen LogP contribution in [0.3, 0.4) is 0 Å². The molecule has 0 fully saturated rings. The molecule has 70 valence electrons. The van der Waals surface area contributed by atoms with E-state index in [9.17, 15) is 0 Å². The predicted molar refractivity (Wildman–Crippen MR) is 61.6 cm³/mol. The van der Waals surface area contributed by atoms with Gasteiger partial charge in [0.25, 0.3) is 0 Å². The van der Waals surface area contributed by atoms with Crippen molar-refractivity contribution in [1.82, 2.24) is 0 Å². The lowest BCUT2D eigenvalue weighted by Crippen LogP contribution is -1.79. The largest absolute Gasteiger partial charge is 0.122 e. The van der Waals surface area contributed by atoms with Gasteiger partial charge in [-0.15, -0.1) is 23.4 Å². The van der Waals surface area contributed by atoms with Crippen molar-refractivity contribution in [2.75, 3.05) is 11.6 Å². The number of thioether (sulfide) groups is 1. The van der Waals surface area contributed by atoms with Crippen LogP contribution in [0.5, 0.6) is 0 Å². The molecule has 0 heterocycles. The summed E-state index contributed by atoms with van der Waals surface area (Å²) in [6.07, 6.45) is 2.17. The van der Waals surface area contributed by atoms with Crippen molar-refractivity contribution in [3.63, 3.8) is 0 Å². The minimum atomic E-state index is 0.634. The summed E-state index contributed by atoms with van der Waals surface area (Å²) in [7, 11) is 0. The molecule has 0 atom stereocenters. The predicted octanol–water partition coefficient (Wildman–Crippen LogP) is 3.96. The quantitative estimate of drug-likeness (QED) is 0.414. The Morgan fingerprint density at radius 1 is 1.38 bits per heavy atom. The van der Waals surface area contributed by atoms with E-state index in [1.165, 1.54) is 10.5 Å². The van der Waals surface area contributed by atoms with Crippen LogP contribution in [-0.2, 0) is 0 Å². The molecule has 0 unspecified atom stereocenters. The Hall–Kier alpha value is -0.400. The average Bonchev–Trinajstić information content (AvgIpc) is 2.19. The highest BCUT2D eigenvalue weighted by atomic mass is 35.5. The Labute approximate surface area is 89.0 Å². The fraction of sp³-hybridized carbons (Fsp3) is 0.273. The van der Waals surface area contributed by atoms with E-state index in [0.717, 1.165) is 5.75 Å². The lowest BCUT2D eigenvalue weighted by molar-refractivity contribution is 1.37. The number of allylic oxidation sites excluding steroid dienone is 1. The number of halogens is 1. The van der Waals surface area contributed by atoms with Crippen molar-refractivity contribution in [1.29, 1.82) is 0 Å². The van der Waals surface area contributed by atoms with Crippen LogP contribution in [0.4, 0.5) is 0 Å². The van der Waals surface area contributed by atoms with E-state index in [4.69, 9.17) is 11.6 Å². The first-order chi connectivity index (χ1) is 6.33. The van der Waals surface area contributed by atoms with Crippen molar-refractivity contribution in [2.45, 2.75) is 11.8 Å². The Balaban J connectivity index is 2.36. The van der Waals surface area contributed by atoms with Crippen molar-refractivity contribution >= 4 is 23.4 Å². The summed E-state index contributed by atoms with van der Waals surface area (Å²) in [5.74, 6) is 1.64. The zero-order chi connectivity index (χ0) is 9.52. The highest BCUT2D eigenvalue weighted by molar-refractivity contribution is 7.99. The summed E-state index contributed by atoms with van der Waals surface area (Å²) in [4.78, 5) is 1.31. The van der Waals surface area contributed by atoms with Crippen molar-refractivity contribution in [2.24, 2.45) is 0 Å². The van der Waals surface area contributed by atoms with Gasteiger partial charge < -0.3 is 0 Å². The van der Waals surface area contributed by atoms with E-state index < -0.39 is 0 Å². The van der Waals surface area contributed by atoms with Gasteiger partial charge in [-0.2, -0.15) is 0 Å². The summed E-state index contributed by atoms with van der Waals surface area (Å²) >= 11 is 7.49. The first-order valence-corrected chi connectivity index (χ1v) is 5.74. The summed E-state index contributed by atoms with van der Waals surface area (Å²) in [5.41, 5.74) is 1.24. The maximum atomic E-state index is 5.66. The van der Waals surface area contributed by atoms with E-state index >= 15 is 0 Å². The summed E-state index contributed by atoms with van der Waals surface area (Å²) in [6, 6.07) is 10.4. The molecule has 0 spiro atoms. The van der Waals surface area contributed by atoms with E-state index in [1.54, 1.807) is 0 Å². The number of hydrogen-bond acceptors (Lipinski definition) is 1. The molecule has 2 heteroatoms. The van der Waals surface area contributed by atoms with Crippen molar-refractivity contribution < 1.29 is 0 Å². The Bertz CT molecular complexity index is 267. The summed E-state index contributed by atoms with van der Waals surface area (Å²) < 4.78 is 0. The smallest absolute Gasteiger partial charge is 0.0431 e. The van der Waals surface area contributed by atoms with Crippen LogP contribution < -0.4 is 0 Å². The first kappa shape index (κ1) is 10.7. The molecule has 0 aliphatic rings. The van der Waals surface area contributed by atoms with Crippen LogP contribution in [0.15, 0.2) is 46.9 Å². The van der Waals surface area contributed by atoms with Gasteiger partial charge in [0.2, 0.25) is 0 Å². The van der Waals surface area contributed by atoms with Crippen LogP contribution in [0.1, 0.15) is 6.92 Å². The van der Waals surface area contributed by atoms with E-state index in [-0.39, 0.29) is 0 Å². The van der Waals surface area contributed by atoms with Gasteiger partial charge in [-0.25, -0.2) is 0 Å². The molecule has 0 radical (unpaired) electrons. The van der Waals surface area contributed by atoms with E-state index in [0.29, 0.717) is 5.88 Å². The lowest BCUT2D eigenvalue weighted by Gasteiger charge is -1.97. The highest BCUT2D eigenvalue weighted by Gasteiger charge is 1.90. The molecule has 0 aliphatic heterocycles. The maximum absolute atomic E-state index is 5.66. The highest BCUT2D eigenvalue weighted by Crippen LogP contribution is 2.17. The molecule has 0 amide bonds. The molecular formula is C11H13ClS. The second-order valence-electron chi connectivity index (χ2n) is 2.81. The lowest BCUT2D eigenvalue weighted by atomic mass is 10.3. The van der Waals surface area contributed by atoms with Crippen LogP contribution in [0.25, 0.3) is 0 Å². The SMILES string of the molecule is C/C(=C\CSc1ccccc1)CCl. The third kappa shape index (κ3) is 4.39. The maximum Gasteiger partial charge on any atom is 0.0431 e. The number of rotatable bonds is 4. The van der Waals surface area contributed by atoms with Crippen LogP contribution in [0.2, 0.25) is 0 Å². The van der Waals surface area contributed by atoms with Gasteiger partial charge in [0, 0.05) is 16.5 Å².